The minimum atomic E-state index is -1.56. The first-order chi connectivity index (χ1) is 11.4. The van der Waals surface area contributed by atoms with Crippen LogP contribution < -0.4 is 0 Å². The summed E-state index contributed by atoms with van der Waals surface area (Å²) in [5, 5.41) is 59.0. The number of ether oxygens (including phenoxy) is 3. The van der Waals surface area contributed by atoms with Gasteiger partial charge in [0, 0.05) is 0 Å². The van der Waals surface area contributed by atoms with Gasteiger partial charge in [-0.2, -0.15) is 0 Å². The van der Waals surface area contributed by atoms with Crippen molar-refractivity contribution in [2.75, 3.05) is 13.2 Å². The highest BCUT2D eigenvalue weighted by Gasteiger charge is 2.54. The Bertz CT molecular complexity index is 470. The van der Waals surface area contributed by atoms with Crippen LogP contribution in [0.2, 0.25) is 0 Å². The van der Waals surface area contributed by atoms with Gasteiger partial charge in [-0.05, 0) is 24.8 Å². The average molecular weight is 348 g/mol. The topological polar surface area (TPSA) is 149 Å². The zero-order valence-electron chi connectivity index (χ0n) is 13.0. The molecule has 1 saturated heterocycles. The second-order valence-electron chi connectivity index (χ2n) is 6.66. The Balaban J connectivity index is 1.75. The van der Waals surface area contributed by atoms with Crippen LogP contribution in [0.4, 0.5) is 0 Å². The first-order valence-corrected chi connectivity index (χ1v) is 8.02. The molecule has 6 N–H and O–H groups in total. The zero-order chi connectivity index (χ0) is 17.5. The molecule has 0 aromatic carbocycles. The molecule has 0 bridgehead atoms. The van der Waals surface area contributed by atoms with E-state index in [1.54, 1.807) is 6.08 Å². The Kier molecular flexibility index (Phi) is 5.14. The maximum Gasteiger partial charge on any atom is 0.207 e. The quantitative estimate of drug-likeness (QED) is 0.322. The van der Waals surface area contributed by atoms with Crippen LogP contribution in [0.15, 0.2) is 12.3 Å². The molecule has 24 heavy (non-hydrogen) atoms. The van der Waals surface area contributed by atoms with Gasteiger partial charge < -0.3 is 44.8 Å². The molecule has 9 heteroatoms. The molecule has 2 fully saturated rings. The third-order valence-corrected chi connectivity index (χ3v) is 5.21. The van der Waals surface area contributed by atoms with Gasteiger partial charge in [0.25, 0.3) is 0 Å². The molecule has 1 aliphatic carbocycles. The molecule has 9 nitrogen and oxygen atoms in total. The van der Waals surface area contributed by atoms with Gasteiger partial charge in [0.15, 0.2) is 6.29 Å². The number of hydrogen-bond donors (Lipinski definition) is 6. The fourth-order valence-corrected chi connectivity index (χ4v) is 3.75. The molecule has 0 unspecified atom stereocenters. The van der Waals surface area contributed by atoms with Crippen molar-refractivity contribution in [3.05, 3.63) is 12.3 Å². The molecule has 1 saturated carbocycles. The van der Waals surface area contributed by atoms with Crippen molar-refractivity contribution < 1.29 is 44.8 Å². The van der Waals surface area contributed by atoms with Gasteiger partial charge in [-0.25, -0.2) is 0 Å². The van der Waals surface area contributed by atoms with E-state index in [1.165, 1.54) is 6.26 Å². The molecule has 138 valence electrons. The highest BCUT2D eigenvalue weighted by Crippen LogP contribution is 2.46. The smallest absolute Gasteiger partial charge is 0.207 e. The lowest BCUT2D eigenvalue weighted by atomic mass is 9.84. The molecular formula is C15H24O9. The lowest BCUT2D eigenvalue weighted by Crippen LogP contribution is -2.60. The number of aliphatic hydroxyl groups excluding tert-OH is 5. The van der Waals surface area contributed by atoms with E-state index in [0.29, 0.717) is 12.8 Å². The van der Waals surface area contributed by atoms with Crippen LogP contribution in [0.5, 0.6) is 0 Å². The third kappa shape index (κ3) is 2.95. The van der Waals surface area contributed by atoms with Crippen LogP contribution in [0, 0.1) is 11.8 Å². The Labute approximate surface area is 138 Å². The van der Waals surface area contributed by atoms with E-state index >= 15 is 0 Å². The van der Waals surface area contributed by atoms with Crippen LogP contribution in [-0.4, -0.2) is 86.4 Å². The molecule has 0 amide bonds. The third-order valence-electron chi connectivity index (χ3n) is 5.21. The molecule has 0 spiro atoms. The van der Waals surface area contributed by atoms with Crippen molar-refractivity contribution in [1.82, 2.24) is 0 Å². The van der Waals surface area contributed by atoms with Gasteiger partial charge in [-0.1, -0.05) is 0 Å². The van der Waals surface area contributed by atoms with Gasteiger partial charge in [-0.3, -0.25) is 0 Å². The van der Waals surface area contributed by atoms with E-state index < -0.39 is 61.7 Å². The second kappa shape index (κ2) is 6.85. The number of fused-ring (bicyclic) bond motifs is 1. The monoisotopic (exact) mass is 348 g/mol. The molecule has 2 aliphatic heterocycles. The van der Waals surface area contributed by atoms with E-state index in [-0.39, 0.29) is 5.92 Å². The summed E-state index contributed by atoms with van der Waals surface area (Å²) in [6.07, 6.45) is -3.83. The summed E-state index contributed by atoms with van der Waals surface area (Å²) in [5.41, 5.74) is -1.38. The van der Waals surface area contributed by atoms with Crippen molar-refractivity contribution in [3.63, 3.8) is 0 Å². The van der Waals surface area contributed by atoms with E-state index in [0.717, 1.165) is 0 Å². The lowest BCUT2D eigenvalue weighted by molar-refractivity contribution is -0.347. The van der Waals surface area contributed by atoms with Crippen molar-refractivity contribution in [2.24, 2.45) is 11.8 Å². The summed E-state index contributed by atoms with van der Waals surface area (Å²) in [6.45, 7) is -1.03. The van der Waals surface area contributed by atoms with E-state index in [2.05, 4.69) is 0 Å². The summed E-state index contributed by atoms with van der Waals surface area (Å²) in [7, 11) is 0. The number of rotatable bonds is 4. The molecule has 0 aromatic rings. The Morgan fingerprint density at radius 3 is 2.50 bits per heavy atom. The largest absolute Gasteiger partial charge is 0.472 e. The van der Waals surface area contributed by atoms with Gasteiger partial charge in [-0.15, -0.1) is 0 Å². The summed E-state index contributed by atoms with van der Waals surface area (Å²) in [5.74, 6) is -0.634. The molecular weight excluding hydrogens is 324 g/mol. The number of hydrogen-bond acceptors (Lipinski definition) is 9. The molecule has 0 radical (unpaired) electrons. The van der Waals surface area contributed by atoms with Crippen LogP contribution >= 0.6 is 0 Å². The summed E-state index contributed by atoms with van der Waals surface area (Å²) in [4.78, 5) is 0. The SMILES string of the molecule is OC[C@H]1O[C@@H](O[C@@H]2OC=C[C@H]3CC[C@@](O)(CO)[C@@H]23)[C@H](O)[C@@H](O)[C@@H]1O. The fourth-order valence-electron chi connectivity index (χ4n) is 3.75. The van der Waals surface area contributed by atoms with Gasteiger partial charge in [0.05, 0.1) is 31.0 Å². The highest BCUT2D eigenvalue weighted by molar-refractivity contribution is 5.07. The fraction of sp³-hybridized carbons (Fsp3) is 0.867. The highest BCUT2D eigenvalue weighted by atomic mass is 16.8. The summed E-state index contributed by atoms with van der Waals surface area (Å²) in [6, 6.07) is 0. The van der Waals surface area contributed by atoms with Gasteiger partial charge in [0.2, 0.25) is 6.29 Å². The number of aliphatic hydroxyl groups is 6. The van der Waals surface area contributed by atoms with E-state index in [1.807, 2.05) is 0 Å². The Morgan fingerprint density at radius 1 is 1.08 bits per heavy atom. The maximum atomic E-state index is 10.6. The standard InChI is InChI=1S/C15H24O9/c16-5-8-10(18)11(19)12(20)14(23-8)24-13-9-7(2-4-22-13)1-3-15(9,21)6-17/h2,4,7-14,16-21H,1,3,5-6H2/t7-,8-,9-,10-,11+,12-,13+,14+,15-/m1/s1. The Morgan fingerprint density at radius 2 is 1.83 bits per heavy atom. The zero-order valence-corrected chi connectivity index (χ0v) is 13.0. The van der Waals surface area contributed by atoms with Crippen LogP contribution in [0.3, 0.4) is 0 Å². The normalized spacial score (nSPS) is 51.2. The molecule has 3 aliphatic rings. The van der Waals surface area contributed by atoms with Crippen molar-refractivity contribution in [1.29, 1.82) is 0 Å². The average Bonchev–Trinajstić information content (AvgIpc) is 2.94. The predicted molar refractivity (Wildman–Crippen MR) is 77.1 cm³/mol. The van der Waals surface area contributed by atoms with Gasteiger partial charge >= 0.3 is 0 Å². The van der Waals surface area contributed by atoms with Gasteiger partial charge in [0.1, 0.15) is 24.4 Å². The van der Waals surface area contributed by atoms with Crippen molar-refractivity contribution in [2.45, 2.75) is 55.4 Å². The van der Waals surface area contributed by atoms with Crippen molar-refractivity contribution >= 4 is 0 Å². The first-order valence-electron chi connectivity index (χ1n) is 8.02. The predicted octanol–water partition coefficient (Wildman–Crippen LogP) is -2.58. The second-order valence-corrected chi connectivity index (χ2v) is 6.66. The molecule has 3 rings (SSSR count). The summed E-state index contributed by atoms with van der Waals surface area (Å²) >= 11 is 0. The van der Waals surface area contributed by atoms with Crippen LogP contribution in [0.1, 0.15) is 12.8 Å². The molecule has 2 heterocycles. The molecule has 0 aromatic heterocycles. The first kappa shape index (κ1) is 18.0. The lowest BCUT2D eigenvalue weighted by Gasteiger charge is -2.43. The minimum absolute atomic E-state index is 0.0641. The maximum absolute atomic E-state index is 10.6. The summed E-state index contributed by atoms with van der Waals surface area (Å²) < 4.78 is 16.3. The number of allylic oxidation sites excluding steroid dienone is 1. The van der Waals surface area contributed by atoms with E-state index in [4.69, 9.17) is 14.2 Å². The van der Waals surface area contributed by atoms with Crippen LogP contribution in [0.25, 0.3) is 0 Å². The molecule has 9 atom stereocenters. The van der Waals surface area contributed by atoms with Crippen LogP contribution in [-0.2, 0) is 14.2 Å². The van der Waals surface area contributed by atoms with E-state index in [9.17, 15) is 30.6 Å². The Hall–Kier alpha value is -0.780. The van der Waals surface area contributed by atoms with Crippen molar-refractivity contribution in [3.8, 4) is 0 Å². The minimum Gasteiger partial charge on any atom is -0.472 e.